The van der Waals surface area contributed by atoms with E-state index < -0.39 is 12.1 Å². The molecule has 268 valence electrons. The summed E-state index contributed by atoms with van der Waals surface area (Å²) in [5, 5.41) is 7.41. The van der Waals surface area contributed by atoms with Crippen LogP contribution in [0.4, 0.5) is 22.0 Å². The lowest BCUT2D eigenvalue weighted by atomic mass is 10.0. The van der Waals surface area contributed by atoms with Crippen molar-refractivity contribution in [3.05, 3.63) is 127 Å². The van der Waals surface area contributed by atoms with Gasteiger partial charge in [0.15, 0.2) is 5.65 Å². The smallest absolute Gasteiger partial charge is 0.410 e. The Morgan fingerprint density at radius 2 is 1.68 bits per heavy atom. The van der Waals surface area contributed by atoms with E-state index in [2.05, 4.69) is 52.6 Å². The largest absolute Gasteiger partial charge is 0.497 e. The van der Waals surface area contributed by atoms with Gasteiger partial charge in [0, 0.05) is 27.7 Å². The van der Waals surface area contributed by atoms with Gasteiger partial charge in [-0.1, -0.05) is 74.1 Å². The van der Waals surface area contributed by atoms with Crippen molar-refractivity contribution in [1.29, 1.82) is 0 Å². The second-order valence-corrected chi connectivity index (χ2v) is 14.2. The number of hydrogen-bond donors (Lipinski definition) is 2. The molecule has 0 bridgehead atoms. The van der Waals surface area contributed by atoms with E-state index in [9.17, 15) is 9.59 Å². The minimum absolute atomic E-state index is 0.163. The van der Waals surface area contributed by atoms with Crippen molar-refractivity contribution in [1.82, 2.24) is 19.9 Å². The molecule has 53 heavy (non-hydrogen) atoms. The molecule has 6 aromatic rings. The van der Waals surface area contributed by atoms with Crippen LogP contribution in [0.25, 0.3) is 22.2 Å². The zero-order valence-corrected chi connectivity index (χ0v) is 30.6. The fraction of sp³-hybridized carbons (Fsp3) is 0.214. The second kappa shape index (κ2) is 16.2. The third-order valence-corrected chi connectivity index (χ3v) is 10.2. The maximum absolute atomic E-state index is 13.4. The molecule has 3 heterocycles. The van der Waals surface area contributed by atoms with Gasteiger partial charge in [-0.05, 0) is 96.1 Å². The van der Waals surface area contributed by atoms with Crippen LogP contribution in [0.1, 0.15) is 43.9 Å². The Bertz CT molecular complexity index is 2210. The van der Waals surface area contributed by atoms with E-state index in [-0.39, 0.29) is 18.4 Å². The summed E-state index contributed by atoms with van der Waals surface area (Å²) in [5.41, 5.74) is 5.97. The van der Waals surface area contributed by atoms with Crippen molar-refractivity contribution < 1.29 is 19.1 Å². The SMILES string of the molecule is COc1ccc(Sc2ccc(-c3ccc(NC(=O)[C@@H]4CCCN4C(=O)OCc4ccccc4)cc3)cc2Nc2ncnc3nc(C(C)C)ccc23)cc1. The van der Waals surface area contributed by atoms with E-state index in [1.165, 1.54) is 11.2 Å². The number of rotatable bonds is 11. The highest BCUT2D eigenvalue weighted by atomic mass is 32.2. The molecule has 1 atom stereocenters. The van der Waals surface area contributed by atoms with Gasteiger partial charge < -0.3 is 20.1 Å². The third-order valence-electron chi connectivity index (χ3n) is 9.11. The number of carbonyl (C=O) groups is 2. The molecule has 1 fully saturated rings. The number of anilines is 3. The highest BCUT2D eigenvalue weighted by molar-refractivity contribution is 7.99. The molecule has 2 amide bonds. The van der Waals surface area contributed by atoms with E-state index in [0.717, 1.165) is 55.4 Å². The summed E-state index contributed by atoms with van der Waals surface area (Å²) >= 11 is 1.63. The van der Waals surface area contributed by atoms with E-state index in [1.54, 1.807) is 18.9 Å². The first-order chi connectivity index (χ1) is 25.8. The van der Waals surface area contributed by atoms with Crippen molar-refractivity contribution >= 4 is 52.0 Å². The molecule has 11 heteroatoms. The van der Waals surface area contributed by atoms with Crippen LogP contribution >= 0.6 is 11.8 Å². The van der Waals surface area contributed by atoms with Gasteiger partial charge in [-0.25, -0.2) is 19.7 Å². The lowest BCUT2D eigenvalue weighted by Crippen LogP contribution is -2.43. The summed E-state index contributed by atoms with van der Waals surface area (Å²) in [7, 11) is 1.66. The number of hydrogen-bond acceptors (Lipinski definition) is 9. The topological polar surface area (TPSA) is 119 Å². The molecule has 0 radical (unpaired) electrons. The van der Waals surface area contributed by atoms with Crippen molar-refractivity contribution in [3.63, 3.8) is 0 Å². The van der Waals surface area contributed by atoms with Crippen molar-refractivity contribution in [2.45, 2.75) is 55.0 Å². The van der Waals surface area contributed by atoms with E-state index in [4.69, 9.17) is 14.5 Å². The molecular formula is C42H40N6O4S. The highest BCUT2D eigenvalue weighted by Gasteiger charge is 2.35. The molecule has 1 aliphatic rings. The third kappa shape index (κ3) is 8.42. The van der Waals surface area contributed by atoms with Crippen molar-refractivity contribution in [3.8, 4) is 16.9 Å². The second-order valence-electron chi connectivity index (χ2n) is 13.1. The molecule has 0 saturated carbocycles. The highest BCUT2D eigenvalue weighted by Crippen LogP contribution is 2.39. The van der Waals surface area contributed by atoms with Crippen LogP contribution in [-0.2, 0) is 16.1 Å². The van der Waals surface area contributed by atoms with Crippen LogP contribution in [0.5, 0.6) is 5.75 Å². The lowest BCUT2D eigenvalue weighted by Gasteiger charge is -2.23. The van der Waals surface area contributed by atoms with Gasteiger partial charge >= 0.3 is 6.09 Å². The molecule has 1 aliphatic heterocycles. The van der Waals surface area contributed by atoms with Crippen LogP contribution in [0.15, 0.2) is 125 Å². The summed E-state index contributed by atoms with van der Waals surface area (Å²) in [6, 6.07) is 34.9. The van der Waals surface area contributed by atoms with E-state index in [1.807, 2.05) is 91.0 Å². The van der Waals surface area contributed by atoms with E-state index >= 15 is 0 Å². The zero-order chi connectivity index (χ0) is 36.7. The Balaban J connectivity index is 1.10. The summed E-state index contributed by atoms with van der Waals surface area (Å²) in [4.78, 5) is 43.6. The van der Waals surface area contributed by atoms with Crippen LogP contribution < -0.4 is 15.4 Å². The van der Waals surface area contributed by atoms with Crippen LogP contribution in [0.2, 0.25) is 0 Å². The summed E-state index contributed by atoms with van der Waals surface area (Å²) in [5.74, 6) is 1.51. The molecule has 0 spiro atoms. The number of nitrogens with one attached hydrogen (secondary N) is 2. The molecule has 0 aliphatic carbocycles. The van der Waals surface area contributed by atoms with Gasteiger partial charge in [-0.15, -0.1) is 0 Å². The number of methoxy groups -OCH3 is 1. The molecule has 2 aromatic heterocycles. The molecule has 1 saturated heterocycles. The number of likely N-dealkylation sites (tertiary alicyclic amines) is 1. The minimum Gasteiger partial charge on any atom is -0.497 e. The summed E-state index contributed by atoms with van der Waals surface area (Å²) < 4.78 is 10.9. The van der Waals surface area contributed by atoms with Gasteiger partial charge in [-0.2, -0.15) is 0 Å². The van der Waals surface area contributed by atoms with Gasteiger partial charge in [0.25, 0.3) is 0 Å². The Hall–Kier alpha value is -5.94. The van der Waals surface area contributed by atoms with Crippen molar-refractivity contribution in [2.24, 2.45) is 0 Å². The number of amides is 2. The number of fused-ring (bicyclic) bond motifs is 1. The predicted molar refractivity (Wildman–Crippen MR) is 209 cm³/mol. The Morgan fingerprint density at radius 3 is 2.43 bits per heavy atom. The first kappa shape index (κ1) is 35.5. The number of pyridine rings is 1. The van der Waals surface area contributed by atoms with Gasteiger partial charge in [0.2, 0.25) is 5.91 Å². The zero-order valence-electron chi connectivity index (χ0n) is 29.8. The summed E-state index contributed by atoms with van der Waals surface area (Å²) in [6.45, 7) is 4.86. The normalized spacial score (nSPS) is 14.0. The number of nitrogens with zero attached hydrogens (tertiary/aromatic N) is 4. The average Bonchev–Trinajstić information content (AvgIpc) is 3.69. The number of aromatic nitrogens is 3. The van der Waals surface area contributed by atoms with Crippen LogP contribution in [0, 0.1) is 0 Å². The Kier molecular flexibility index (Phi) is 10.8. The molecule has 2 N–H and O–H groups in total. The average molecular weight is 725 g/mol. The molecule has 4 aromatic carbocycles. The maximum atomic E-state index is 13.4. The van der Waals surface area contributed by atoms with Gasteiger partial charge in [-0.3, -0.25) is 9.69 Å². The minimum atomic E-state index is -0.590. The molecule has 7 rings (SSSR count). The number of carbonyl (C=O) groups excluding carboxylic acids is 2. The Morgan fingerprint density at radius 1 is 0.906 bits per heavy atom. The van der Waals surface area contributed by atoms with Gasteiger partial charge in [0.05, 0.1) is 18.2 Å². The van der Waals surface area contributed by atoms with E-state index in [0.29, 0.717) is 30.1 Å². The fourth-order valence-electron chi connectivity index (χ4n) is 6.20. The standard InChI is InChI=1S/C42H40N6O4S/c1-27(2)35-21-20-34-39(46-35)43-26-44-40(34)47-36-24-30(13-22-38(36)53-33-18-16-32(51-3)17-19-33)29-11-14-31(15-12-29)45-41(49)37-10-7-23-48(37)42(50)52-25-28-8-5-4-6-9-28/h4-6,8-9,11-22,24,26-27,37H,7,10,23,25H2,1-3H3,(H,45,49)(H,43,44,46,47)/t37-/m0/s1. The number of ether oxygens (including phenoxy) is 2. The van der Waals surface area contributed by atoms with Crippen molar-refractivity contribution in [2.75, 3.05) is 24.3 Å². The Labute approximate surface area is 313 Å². The predicted octanol–water partition coefficient (Wildman–Crippen LogP) is 9.46. The maximum Gasteiger partial charge on any atom is 0.410 e. The van der Waals surface area contributed by atoms with Crippen LogP contribution in [0.3, 0.4) is 0 Å². The summed E-state index contributed by atoms with van der Waals surface area (Å²) in [6.07, 6.45) is 2.37. The first-order valence-electron chi connectivity index (χ1n) is 17.6. The quantitative estimate of drug-likeness (QED) is 0.135. The number of benzene rings is 4. The monoisotopic (exact) mass is 724 g/mol. The lowest BCUT2D eigenvalue weighted by molar-refractivity contribution is -0.120. The first-order valence-corrected chi connectivity index (χ1v) is 18.4. The van der Waals surface area contributed by atoms with Gasteiger partial charge in [0.1, 0.15) is 30.5 Å². The molecular weight excluding hydrogens is 685 g/mol. The molecule has 10 nitrogen and oxygen atoms in total. The fourth-order valence-corrected chi connectivity index (χ4v) is 7.09. The molecule has 0 unspecified atom stereocenters. The van der Waals surface area contributed by atoms with Crippen LogP contribution in [-0.4, -0.2) is 51.5 Å².